The Hall–Kier alpha value is -2.21. The van der Waals surface area contributed by atoms with Crippen LogP contribution in [0.3, 0.4) is 0 Å². The second kappa shape index (κ2) is 6.05. The molecule has 110 valence electrons. The van der Waals surface area contributed by atoms with E-state index in [2.05, 4.69) is 10.3 Å². The third-order valence-electron chi connectivity index (χ3n) is 3.89. The van der Waals surface area contributed by atoms with Gasteiger partial charge in [0.1, 0.15) is 0 Å². The smallest absolute Gasteiger partial charge is 0.276 e. The van der Waals surface area contributed by atoms with E-state index in [1.165, 1.54) is 0 Å². The van der Waals surface area contributed by atoms with Crippen molar-refractivity contribution in [3.63, 3.8) is 0 Å². The summed E-state index contributed by atoms with van der Waals surface area (Å²) in [6, 6.07) is 9.75. The fourth-order valence-electron chi connectivity index (χ4n) is 2.73. The minimum absolute atomic E-state index is 0.0765. The molecule has 0 spiro atoms. The molecule has 1 aromatic heterocycles. The molecule has 2 N–H and O–H groups in total. The number of hydrogen-bond acceptors (Lipinski definition) is 4. The summed E-state index contributed by atoms with van der Waals surface area (Å²) in [5.74, 6) is -0.0765. The molecule has 1 aliphatic rings. The fourth-order valence-corrected chi connectivity index (χ4v) is 2.73. The average Bonchev–Trinajstić information content (AvgIpc) is 3.05. The lowest BCUT2D eigenvalue weighted by molar-refractivity contribution is 0.0617. The first-order valence-electron chi connectivity index (χ1n) is 7.28. The van der Waals surface area contributed by atoms with Gasteiger partial charge in [0.25, 0.3) is 5.91 Å². The van der Waals surface area contributed by atoms with Crippen LogP contribution in [-0.4, -0.2) is 44.9 Å². The van der Waals surface area contributed by atoms with Crippen LogP contribution in [0, 0.1) is 0 Å². The van der Waals surface area contributed by atoms with Gasteiger partial charge < -0.3 is 10.6 Å². The highest BCUT2D eigenvalue weighted by Gasteiger charge is 2.28. The molecule has 1 aromatic carbocycles. The van der Waals surface area contributed by atoms with E-state index in [4.69, 9.17) is 5.73 Å². The van der Waals surface area contributed by atoms with Gasteiger partial charge in [-0.2, -0.15) is 0 Å². The molecule has 2 heterocycles. The van der Waals surface area contributed by atoms with E-state index < -0.39 is 0 Å². The molecule has 1 unspecified atom stereocenters. The Morgan fingerprint density at radius 2 is 2.10 bits per heavy atom. The van der Waals surface area contributed by atoms with Crippen LogP contribution in [0.1, 0.15) is 29.8 Å². The number of nitrogens with zero attached hydrogens (tertiary/aromatic N) is 4. The van der Waals surface area contributed by atoms with Crippen molar-refractivity contribution < 1.29 is 4.79 Å². The second-order valence-electron chi connectivity index (χ2n) is 5.27. The van der Waals surface area contributed by atoms with Crippen molar-refractivity contribution in [1.29, 1.82) is 0 Å². The summed E-state index contributed by atoms with van der Waals surface area (Å²) >= 11 is 0. The third kappa shape index (κ3) is 2.80. The van der Waals surface area contributed by atoms with E-state index in [9.17, 15) is 4.79 Å². The topological polar surface area (TPSA) is 77.0 Å². The van der Waals surface area contributed by atoms with Crippen LogP contribution in [0.5, 0.6) is 0 Å². The Morgan fingerprint density at radius 1 is 1.29 bits per heavy atom. The lowest BCUT2D eigenvalue weighted by atomic mass is 10.0. The standard InChI is InChI=1S/C15H19N5O/c16-10-13-8-4-5-9-19(13)15(21)14-11-20(18-17-14)12-6-2-1-3-7-12/h1-3,6-7,11,13H,4-5,8-10,16H2. The van der Waals surface area contributed by atoms with E-state index in [0.29, 0.717) is 12.2 Å². The molecule has 1 saturated heterocycles. The normalized spacial score (nSPS) is 18.7. The summed E-state index contributed by atoms with van der Waals surface area (Å²) in [6.45, 7) is 1.25. The maximum absolute atomic E-state index is 12.6. The molecular formula is C15H19N5O. The van der Waals surface area contributed by atoms with Crippen molar-refractivity contribution in [2.24, 2.45) is 5.73 Å². The summed E-state index contributed by atoms with van der Waals surface area (Å²) < 4.78 is 1.62. The van der Waals surface area contributed by atoms with Crippen LogP contribution in [0.4, 0.5) is 0 Å². The number of amides is 1. The van der Waals surface area contributed by atoms with Crippen molar-refractivity contribution in [1.82, 2.24) is 19.9 Å². The van der Waals surface area contributed by atoms with E-state index in [1.54, 1.807) is 10.9 Å². The zero-order valence-electron chi connectivity index (χ0n) is 11.9. The lowest BCUT2D eigenvalue weighted by Crippen LogP contribution is -2.47. The number of likely N-dealkylation sites (tertiary alicyclic amines) is 1. The predicted molar refractivity (Wildman–Crippen MR) is 79.1 cm³/mol. The van der Waals surface area contributed by atoms with Crippen LogP contribution in [0.15, 0.2) is 36.5 Å². The Morgan fingerprint density at radius 3 is 2.86 bits per heavy atom. The highest BCUT2D eigenvalue weighted by Crippen LogP contribution is 2.18. The van der Waals surface area contributed by atoms with Crippen LogP contribution in [0.2, 0.25) is 0 Å². The van der Waals surface area contributed by atoms with Gasteiger partial charge in [-0.25, -0.2) is 4.68 Å². The van der Waals surface area contributed by atoms with Gasteiger partial charge in [-0.3, -0.25) is 4.79 Å². The zero-order chi connectivity index (χ0) is 14.7. The van der Waals surface area contributed by atoms with Crippen molar-refractivity contribution in [3.8, 4) is 5.69 Å². The Kier molecular flexibility index (Phi) is 3.96. The highest BCUT2D eigenvalue weighted by atomic mass is 16.2. The molecule has 0 aliphatic carbocycles. The Balaban J connectivity index is 1.81. The third-order valence-corrected chi connectivity index (χ3v) is 3.89. The summed E-state index contributed by atoms with van der Waals surface area (Å²) in [6.07, 6.45) is 4.80. The van der Waals surface area contributed by atoms with Crippen molar-refractivity contribution in [3.05, 3.63) is 42.2 Å². The fraction of sp³-hybridized carbons (Fsp3) is 0.400. The first-order valence-corrected chi connectivity index (χ1v) is 7.28. The average molecular weight is 285 g/mol. The molecule has 1 aliphatic heterocycles. The highest BCUT2D eigenvalue weighted by molar-refractivity contribution is 5.92. The number of benzene rings is 1. The molecule has 6 heteroatoms. The van der Waals surface area contributed by atoms with E-state index in [-0.39, 0.29) is 11.9 Å². The number of rotatable bonds is 3. The molecule has 2 aromatic rings. The summed E-state index contributed by atoms with van der Waals surface area (Å²) in [4.78, 5) is 14.4. The second-order valence-corrected chi connectivity index (χ2v) is 5.27. The number of carbonyl (C=O) groups excluding carboxylic acids is 1. The van der Waals surface area contributed by atoms with E-state index in [0.717, 1.165) is 31.5 Å². The Bertz CT molecular complexity index is 610. The number of nitrogens with two attached hydrogens (primary N) is 1. The first kappa shape index (κ1) is 13.8. The summed E-state index contributed by atoms with van der Waals surface area (Å²) in [7, 11) is 0. The summed E-state index contributed by atoms with van der Waals surface area (Å²) in [5, 5.41) is 8.06. The molecule has 1 atom stereocenters. The Labute approximate surface area is 123 Å². The van der Waals surface area contributed by atoms with Gasteiger partial charge in [-0.15, -0.1) is 5.10 Å². The SMILES string of the molecule is NCC1CCCCN1C(=O)c1cn(-c2ccccc2)nn1. The molecule has 1 amide bonds. The quantitative estimate of drug-likeness (QED) is 0.920. The van der Waals surface area contributed by atoms with Crippen molar-refractivity contribution in [2.45, 2.75) is 25.3 Å². The lowest BCUT2D eigenvalue weighted by Gasteiger charge is -2.34. The molecule has 0 radical (unpaired) electrons. The molecule has 1 fully saturated rings. The van der Waals surface area contributed by atoms with Crippen LogP contribution in [0.25, 0.3) is 5.69 Å². The van der Waals surface area contributed by atoms with Gasteiger partial charge in [0.2, 0.25) is 0 Å². The number of piperidine rings is 1. The van der Waals surface area contributed by atoms with Gasteiger partial charge in [0.15, 0.2) is 5.69 Å². The monoisotopic (exact) mass is 285 g/mol. The largest absolute Gasteiger partial charge is 0.333 e. The van der Waals surface area contributed by atoms with Crippen LogP contribution in [-0.2, 0) is 0 Å². The van der Waals surface area contributed by atoms with E-state index >= 15 is 0 Å². The molecule has 6 nitrogen and oxygen atoms in total. The van der Waals surface area contributed by atoms with Gasteiger partial charge >= 0.3 is 0 Å². The van der Waals surface area contributed by atoms with Crippen molar-refractivity contribution >= 4 is 5.91 Å². The number of para-hydroxylation sites is 1. The summed E-state index contributed by atoms with van der Waals surface area (Å²) in [5.41, 5.74) is 7.03. The van der Waals surface area contributed by atoms with E-state index in [1.807, 2.05) is 35.2 Å². The van der Waals surface area contributed by atoms with Gasteiger partial charge in [0.05, 0.1) is 11.9 Å². The van der Waals surface area contributed by atoms with Crippen molar-refractivity contribution in [2.75, 3.05) is 13.1 Å². The van der Waals surface area contributed by atoms with Crippen LogP contribution >= 0.6 is 0 Å². The number of aromatic nitrogens is 3. The minimum atomic E-state index is -0.0765. The molecule has 21 heavy (non-hydrogen) atoms. The number of carbonyl (C=O) groups is 1. The van der Waals surface area contributed by atoms with Gasteiger partial charge in [-0.1, -0.05) is 23.4 Å². The first-order chi connectivity index (χ1) is 10.3. The van der Waals surface area contributed by atoms with Gasteiger partial charge in [0, 0.05) is 19.1 Å². The minimum Gasteiger partial charge on any atom is -0.333 e. The maximum atomic E-state index is 12.6. The van der Waals surface area contributed by atoms with Crippen LogP contribution < -0.4 is 5.73 Å². The predicted octanol–water partition coefficient (Wildman–Crippen LogP) is 1.22. The molecule has 3 rings (SSSR count). The molecule has 0 saturated carbocycles. The molecular weight excluding hydrogens is 266 g/mol. The maximum Gasteiger partial charge on any atom is 0.276 e. The number of hydrogen-bond donors (Lipinski definition) is 1. The van der Waals surface area contributed by atoms with Gasteiger partial charge in [-0.05, 0) is 31.4 Å². The molecule has 0 bridgehead atoms. The zero-order valence-corrected chi connectivity index (χ0v) is 11.9.